The van der Waals surface area contributed by atoms with Crippen molar-refractivity contribution in [1.82, 2.24) is 0 Å². The van der Waals surface area contributed by atoms with E-state index in [0.717, 1.165) is 12.8 Å². The van der Waals surface area contributed by atoms with Crippen molar-refractivity contribution >= 4 is 11.8 Å². The fraction of sp³-hybridized carbons (Fsp3) is 0.294. The maximum Gasteiger partial charge on any atom is 0.0422 e. The van der Waals surface area contributed by atoms with Crippen LogP contribution in [-0.4, -0.2) is 5.25 Å². The molecule has 0 aromatic heterocycles. The molecule has 1 aliphatic heterocycles. The molecular formula is C17H19NS. The van der Waals surface area contributed by atoms with Gasteiger partial charge in [-0.2, -0.15) is 0 Å². The molecule has 0 aliphatic carbocycles. The van der Waals surface area contributed by atoms with E-state index in [2.05, 4.69) is 55.5 Å². The van der Waals surface area contributed by atoms with Gasteiger partial charge in [0, 0.05) is 16.2 Å². The second-order valence-electron chi connectivity index (χ2n) is 5.09. The summed E-state index contributed by atoms with van der Waals surface area (Å²) < 4.78 is 0. The van der Waals surface area contributed by atoms with Gasteiger partial charge in [-0.1, -0.05) is 49.4 Å². The lowest BCUT2D eigenvalue weighted by Crippen LogP contribution is -2.23. The van der Waals surface area contributed by atoms with Crippen molar-refractivity contribution in [2.24, 2.45) is 5.73 Å². The lowest BCUT2D eigenvalue weighted by atomic mass is 9.98. The Hall–Kier alpha value is -1.25. The summed E-state index contributed by atoms with van der Waals surface area (Å²) in [6.45, 7) is 2.18. The van der Waals surface area contributed by atoms with Crippen molar-refractivity contribution in [3.8, 4) is 0 Å². The van der Waals surface area contributed by atoms with E-state index in [1.807, 2.05) is 11.8 Å². The third kappa shape index (κ3) is 2.56. The molecule has 2 unspecified atom stereocenters. The minimum absolute atomic E-state index is 0.114. The van der Waals surface area contributed by atoms with Crippen LogP contribution in [0.15, 0.2) is 53.4 Å². The van der Waals surface area contributed by atoms with E-state index in [9.17, 15) is 0 Å². The molecule has 2 atom stereocenters. The zero-order valence-electron chi connectivity index (χ0n) is 11.2. The van der Waals surface area contributed by atoms with E-state index >= 15 is 0 Å². The normalized spacial score (nSPS) is 19.2. The van der Waals surface area contributed by atoms with E-state index in [1.54, 1.807) is 0 Å². The van der Waals surface area contributed by atoms with E-state index in [1.165, 1.54) is 21.6 Å². The van der Waals surface area contributed by atoms with Crippen molar-refractivity contribution < 1.29 is 0 Å². The fourth-order valence-corrected chi connectivity index (χ4v) is 3.95. The molecule has 0 fully saturated rings. The quantitative estimate of drug-likeness (QED) is 0.912. The molecule has 1 aliphatic rings. The molecule has 1 nitrogen and oxygen atoms in total. The highest BCUT2D eigenvalue weighted by Gasteiger charge is 2.27. The molecule has 2 heteroatoms. The summed E-state index contributed by atoms with van der Waals surface area (Å²) >= 11 is 1.92. The molecule has 19 heavy (non-hydrogen) atoms. The van der Waals surface area contributed by atoms with Crippen LogP contribution in [0.3, 0.4) is 0 Å². The Morgan fingerprint density at radius 3 is 2.58 bits per heavy atom. The molecule has 98 valence electrons. The highest BCUT2D eigenvalue weighted by atomic mass is 32.2. The molecule has 3 rings (SSSR count). The van der Waals surface area contributed by atoms with Crippen LogP contribution in [0.2, 0.25) is 0 Å². The summed E-state index contributed by atoms with van der Waals surface area (Å²) in [6, 6.07) is 17.5. The van der Waals surface area contributed by atoms with Crippen LogP contribution in [0, 0.1) is 0 Å². The number of thioether (sulfide) groups is 1. The van der Waals surface area contributed by atoms with Gasteiger partial charge in [0.2, 0.25) is 0 Å². The minimum atomic E-state index is 0.114. The van der Waals surface area contributed by atoms with Gasteiger partial charge in [0.15, 0.2) is 0 Å². The Labute approximate surface area is 119 Å². The highest BCUT2D eigenvalue weighted by Crippen LogP contribution is 2.41. The Kier molecular flexibility index (Phi) is 3.63. The number of fused-ring (bicyclic) bond motifs is 1. The zero-order chi connectivity index (χ0) is 13.2. The van der Waals surface area contributed by atoms with Gasteiger partial charge in [-0.05, 0) is 35.6 Å². The summed E-state index contributed by atoms with van der Waals surface area (Å²) in [6.07, 6.45) is 2.16. The van der Waals surface area contributed by atoms with Gasteiger partial charge in [-0.15, -0.1) is 11.8 Å². The third-order valence-electron chi connectivity index (χ3n) is 3.85. The number of hydrogen-bond acceptors (Lipinski definition) is 2. The molecular weight excluding hydrogens is 250 g/mol. The Morgan fingerprint density at radius 1 is 1.16 bits per heavy atom. The first-order chi connectivity index (χ1) is 9.28. The SMILES string of the molecule is CCc1ccc(C(N)C2Cc3ccccc3S2)cc1. The van der Waals surface area contributed by atoms with Crippen LogP contribution >= 0.6 is 11.8 Å². The van der Waals surface area contributed by atoms with Crippen molar-refractivity contribution in [3.63, 3.8) is 0 Å². The van der Waals surface area contributed by atoms with Gasteiger partial charge in [-0.3, -0.25) is 0 Å². The molecule has 0 spiro atoms. The molecule has 0 saturated heterocycles. The van der Waals surface area contributed by atoms with Crippen LogP contribution in [-0.2, 0) is 12.8 Å². The Bertz CT molecular complexity index is 537. The van der Waals surface area contributed by atoms with Crippen LogP contribution in [0.25, 0.3) is 0 Å². The molecule has 2 aromatic carbocycles. The summed E-state index contributed by atoms with van der Waals surface area (Å²) in [7, 11) is 0. The van der Waals surface area contributed by atoms with Crippen LogP contribution in [0.5, 0.6) is 0 Å². The summed E-state index contributed by atoms with van der Waals surface area (Å²) in [5, 5.41) is 0.463. The Balaban J connectivity index is 1.77. The van der Waals surface area contributed by atoms with Gasteiger partial charge in [-0.25, -0.2) is 0 Å². The summed E-state index contributed by atoms with van der Waals surface area (Å²) in [4.78, 5) is 1.40. The lowest BCUT2D eigenvalue weighted by Gasteiger charge is -2.18. The van der Waals surface area contributed by atoms with Crippen molar-refractivity contribution in [1.29, 1.82) is 0 Å². The van der Waals surface area contributed by atoms with Gasteiger partial charge < -0.3 is 5.73 Å². The topological polar surface area (TPSA) is 26.0 Å². The predicted octanol–water partition coefficient (Wildman–Crippen LogP) is 3.97. The van der Waals surface area contributed by atoms with Gasteiger partial charge in [0.25, 0.3) is 0 Å². The van der Waals surface area contributed by atoms with E-state index in [4.69, 9.17) is 5.73 Å². The maximum atomic E-state index is 6.45. The van der Waals surface area contributed by atoms with E-state index in [-0.39, 0.29) is 6.04 Å². The smallest absolute Gasteiger partial charge is 0.0422 e. The van der Waals surface area contributed by atoms with Gasteiger partial charge in [0.05, 0.1) is 0 Å². The maximum absolute atomic E-state index is 6.45. The lowest BCUT2D eigenvalue weighted by molar-refractivity contribution is 0.677. The molecule has 2 aromatic rings. The number of hydrogen-bond donors (Lipinski definition) is 1. The summed E-state index contributed by atoms with van der Waals surface area (Å²) in [5.41, 5.74) is 10.5. The third-order valence-corrected chi connectivity index (χ3v) is 5.26. The average molecular weight is 269 g/mol. The molecule has 0 bridgehead atoms. The average Bonchev–Trinajstić information content (AvgIpc) is 2.90. The van der Waals surface area contributed by atoms with Gasteiger partial charge in [0.1, 0.15) is 0 Å². The van der Waals surface area contributed by atoms with Crippen LogP contribution in [0.4, 0.5) is 0 Å². The van der Waals surface area contributed by atoms with E-state index in [0.29, 0.717) is 5.25 Å². The number of nitrogens with two attached hydrogens (primary N) is 1. The first-order valence-corrected chi connectivity index (χ1v) is 7.75. The van der Waals surface area contributed by atoms with E-state index < -0.39 is 0 Å². The first-order valence-electron chi connectivity index (χ1n) is 6.87. The molecule has 0 radical (unpaired) electrons. The highest BCUT2D eigenvalue weighted by molar-refractivity contribution is 8.00. The number of aryl methyl sites for hydroxylation is 1. The zero-order valence-corrected chi connectivity index (χ0v) is 12.0. The number of benzene rings is 2. The molecule has 1 heterocycles. The van der Waals surface area contributed by atoms with Crippen molar-refractivity contribution in [2.45, 2.75) is 36.0 Å². The van der Waals surface area contributed by atoms with Crippen LogP contribution < -0.4 is 5.73 Å². The molecule has 0 amide bonds. The Morgan fingerprint density at radius 2 is 1.89 bits per heavy atom. The molecule has 0 saturated carbocycles. The first kappa shape index (κ1) is 12.8. The predicted molar refractivity (Wildman–Crippen MR) is 82.5 cm³/mol. The minimum Gasteiger partial charge on any atom is -0.323 e. The van der Waals surface area contributed by atoms with Gasteiger partial charge >= 0.3 is 0 Å². The van der Waals surface area contributed by atoms with Crippen molar-refractivity contribution in [2.75, 3.05) is 0 Å². The molecule has 2 N–H and O–H groups in total. The largest absolute Gasteiger partial charge is 0.323 e. The second-order valence-corrected chi connectivity index (χ2v) is 6.37. The number of rotatable bonds is 3. The second kappa shape index (κ2) is 5.40. The fourth-order valence-electron chi connectivity index (χ4n) is 2.60. The van der Waals surface area contributed by atoms with Crippen molar-refractivity contribution in [3.05, 3.63) is 65.2 Å². The van der Waals surface area contributed by atoms with Crippen LogP contribution in [0.1, 0.15) is 29.7 Å². The monoisotopic (exact) mass is 269 g/mol. The summed E-state index contributed by atoms with van der Waals surface area (Å²) in [5.74, 6) is 0. The standard InChI is InChI=1S/C17H19NS/c1-2-12-7-9-13(10-8-12)17(18)16-11-14-5-3-4-6-15(14)19-16/h3-10,16-17H,2,11,18H2,1H3.